The van der Waals surface area contributed by atoms with E-state index in [-0.39, 0.29) is 29.8 Å². The first-order chi connectivity index (χ1) is 29.6. The molecule has 4 atom stereocenters. The van der Waals surface area contributed by atoms with Crippen LogP contribution in [0, 0.1) is 5.92 Å². The number of hydrogen-bond acceptors (Lipinski definition) is 9. The molecule has 61 heavy (non-hydrogen) atoms. The first kappa shape index (κ1) is 40.7. The fourth-order valence-corrected chi connectivity index (χ4v) is 8.43. The molecule has 1 unspecified atom stereocenters. The third-order valence-corrected chi connectivity index (χ3v) is 11.7. The van der Waals surface area contributed by atoms with Crippen molar-refractivity contribution in [2.45, 2.75) is 63.7 Å². The van der Waals surface area contributed by atoms with Crippen LogP contribution in [0.1, 0.15) is 74.9 Å². The highest BCUT2D eigenvalue weighted by Crippen LogP contribution is 2.36. The van der Waals surface area contributed by atoms with Crippen molar-refractivity contribution in [3.63, 3.8) is 0 Å². The standard InChI is InChI=1S/C46H49N9O6/c1-27(2)39(52-45(58)60-3)43(56)54-20-6-9-37(54)42-49-26-36(51-42)33-18-17-31-22-30(15-16-32(31)23-33)28-11-13-29(14-12-28)35-25-48-41(50-35)38-10-7-21-55(38)44(57)40(53-46(59)61-4)34-8-5-19-47-24-34/h5,8,11-19,22-27,37-40H,6-7,9-10,20-21H2,1-4H3,(H,48,50)(H,49,51)(H,52,58)(H,53,59)/t37-,38-,39?,40-/m0/s1. The van der Waals surface area contributed by atoms with Crippen molar-refractivity contribution in [1.29, 1.82) is 0 Å². The van der Waals surface area contributed by atoms with Crippen LogP contribution in [0.5, 0.6) is 0 Å². The highest BCUT2D eigenvalue weighted by molar-refractivity contribution is 5.91. The minimum absolute atomic E-state index is 0.109. The van der Waals surface area contributed by atoms with Crippen LogP contribution in [0.15, 0.2) is 97.6 Å². The lowest BCUT2D eigenvalue weighted by atomic mass is 9.98. The van der Waals surface area contributed by atoms with Gasteiger partial charge in [-0.3, -0.25) is 14.6 Å². The van der Waals surface area contributed by atoms with E-state index in [0.717, 1.165) is 75.9 Å². The second-order valence-electron chi connectivity index (χ2n) is 15.8. The van der Waals surface area contributed by atoms with Crippen LogP contribution in [0.4, 0.5) is 9.59 Å². The van der Waals surface area contributed by atoms with Gasteiger partial charge < -0.3 is 39.9 Å². The molecule has 3 aromatic heterocycles. The number of methoxy groups -OCH3 is 2. The topological polar surface area (TPSA) is 188 Å². The number of likely N-dealkylation sites (tertiary alicyclic amines) is 2. The Hall–Kier alpha value is -7.03. The molecule has 4 N–H and O–H groups in total. The summed E-state index contributed by atoms with van der Waals surface area (Å²) in [7, 11) is 2.56. The van der Waals surface area contributed by atoms with Crippen molar-refractivity contribution in [3.05, 3.63) is 115 Å². The van der Waals surface area contributed by atoms with E-state index in [1.54, 1.807) is 35.6 Å². The van der Waals surface area contributed by atoms with Crippen LogP contribution in [-0.4, -0.2) is 92.1 Å². The first-order valence-corrected chi connectivity index (χ1v) is 20.6. The average Bonchev–Trinajstić information content (AvgIpc) is 4.14. The maximum atomic E-state index is 13.9. The van der Waals surface area contributed by atoms with Gasteiger partial charge in [-0.15, -0.1) is 0 Å². The predicted molar refractivity (Wildman–Crippen MR) is 229 cm³/mol. The summed E-state index contributed by atoms with van der Waals surface area (Å²) in [5.41, 5.74) is 6.37. The highest BCUT2D eigenvalue weighted by Gasteiger charge is 2.39. The van der Waals surface area contributed by atoms with Gasteiger partial charge in [0.25, 0.3) is 5.91 Å². The summed E-state index contributed by atoms with van der Waals surface area (Å²) in [5, 5.41) is 7.55. The molecule has 0 radical (unpaired) electrons. The number of amides is 4. The number of alkyl carbamates (subject to hydrolysis) is 2. The number of hydrogen-bond donors (Lipinski definition) is 4. The number of fused-ring (bicyclic) bond motifs is 1. The summed E-state index contributed by atoms with van der Waals surface area (Å²) in [5.74, 6) is 0.911. The minimum atomic E-state index is -0.943. The summed E-state index contributed by atoms with van der Waals surface area (Å²) >= 11 is 0. The Bertz CT molecular complexity index is 2540. The molecule has 8 rings (SSSR count). The van der Waals surface area contributed by atoms with Crippen LogP contribution < -0.4 is 10.6 Å². The van der Waals surface area contributed by atoms with E-state index in [4.69, 9.17) is 19.4 Å². The van der Waals surface area contributed by atoms with E-state index in [1.165, 1.54) is 14.2 Å². The lowest BCUT2D eigenvalue weighted by Crippen LogP contribution is -2.51. The summed E-state index contributed by atoms with van der Waals surface area (Å²) in [6.07, 6.45) is 8.64. The van der Waals surface area contributed by atoms with Gasteiger partial charge in [0.15, 0.2) is 0 Å². The number of aromatic nitrogens is 5. The van der Waals surface area contributed by atoms with Crippen LogP contribution in [0.3, 0.4) is 0 Å². The summed E-state index contributed by atoms with van der Waals surface area (Å²) in [6, 6.07) is 22.4. The van der Waals surface area contributed by atoms with E-state index < -0.39 is 24.3 Å². The van der Waals surface area contributed by atoms with Crippen LogP contribution in [-0.2, 0) is 19.1 Å². The van der Waals surface area contributed by atoms with E-state index in [2.05, 4.69) is 86.2 Å². The normalized spacial score (nSPS) is 17.3. The van der Waals surface area contributed by atoms with Gasteiger partial charge in [0, 0.05) is 36.6 Å². The molecule has 314 valence electrons. The largest absolute Gasteiger partial charge is 0.453 e. The average molecular weight is 824 g/mol. The maximum Gasteiger partial charge on any atom is 0.407 e. The Kier molecular flexibility index (Phi) is 11.8. The monoisotopic (exact) mass is 823 g/mol. The number of imidazole rings is 2. The lowest BCUT2D eigenvalue weighted by molar-refractivity contribution is -0.135. The maximum absolute atomic E-state index is 13.9. The highest BCUT2D eigenvalue weighted by atomic mass is 16.5. The molecule has 2 saturated heterocycles. The second kappa shape index (κ2) is 17.7. The van der Waals surface area contributed by atoms with E-state index in [1.807, 2.05) is 24.9 Å². The smallest absolute Gasteiger partial charge is 0.407 e. The number of aromatic amines is 2. The Morgan fingerprint density at radius 1 is 0.672 bits per heavy atom. The molecule has 5 heterocycles. The zero-order chi connectivity index (χ0) is 42.6. The molecule has 4 amide bonds. The number of ether oxygens (including phenoxy) is 2. The summed E-state index contributed by atoms with van der Waals surface area (Å²) in [6.45, 7) is 4.93. The molecule has 3 aromatic carbocycles. The third kappa shape index (κ3) is 8.54. The quantitative estimate of drug-likeness (QED) is 0.103. The van der Waals surface area contributed by atoms with Gasteiger partial charge in [-0.25, -0.2) is 19.6 Å². The van der Waals surface area contributed by atoms with E-state index in [0.29, 0.717) is 24.5 Å². The van der Waals surface area contributed by atoms with Gasteiger partial charge in [-0.2, -0.15) is 0 Å². The number of rotatable bonds is 11. The predicted octanol–water partition coefficient (Wildman–Crippen LogP) is 7.49. The molecule has 15 nitrogen and oxygen atoms in total. The van der Waals surface area contributed by atoms with E-state index in [9.17, 15) is 19.2 Å². The zero-order valence-electron chi connectivity index (χ0n) is 34.6. The van der Waals surface area contributed by atoms with Gasteiger partial charge in [0.1, 0.15) is 23.7 Å². The molecule has 0 spiro atoms. The molecular weight excluding hydrogens is 775 g/mol. The molecule has 0 saturated carbocycles. The van der Waals surface area contributed by atoms with E-state index >= 15 is 0 Å². The number of carbonyl (C=O) groups excluding carboxylic acids is 4. The lowest BCUT2D eigenvalue weighted by Gasteiger charge is -2.30. The number of benzene rings is 3. The number of pyridine rings is 1. The molecule has 15 heteroatoms. The van der Waals surface area contributed by atoms with Crippen LogP contribution in [0.2, 0.25) is 0 Å². The molecule has 2 aliphatic rings. The Balaban J connectivity index is 0.942. The van der Waals surface area contributed by atoms with Gasteiger partial charge in [0.05, 0.1) is 50.1 Å². The van der Waals surface area contributed by atoms with Gasteiger partial charge in [0.2, 0.25) is 5.91 Å². The molecule has 2 fully saturated rings. The number of carbonyl (C=O) groups is 4. The van der Waals surface area contributed by atoms with Gasteiger partial charge in [-0.05, 0) is 77.3 Å². The Morgan fingerprint density at radius 2 is 1.21 bits per heavy atom. The van der Waals surface area contributed by atoms with Crippen molar-refractivity contribution in [2.24, 2.45) is 5.92 Å². The van der Waals surface area contributed by atoms with Crippen molar-refractivity contribution < 1.29 is 28.7 Å². The molecule has 0 aliphatic carbocycles. The van der Waals surface area contributed by atoms with Crippen LogP contribution in [0.25, 0.3) is 44.4 Å². The van der Waals surface area contributed by atoms with Crippen molar-refractivity contribution in [2.75, 3.05) is 27.3 Å². The molecule has 6 aromatic rings. The number of nitrogens with zero attached hydrogens (tertiary/aromatic N) is 5. The molecule has 2 aliphatic heterocycles. The van der Waals surface area contributed by atoms with Gasteiger partial charge in [-0.1, -0.05) is 68.4 Å². The Labute approximate surface area is 353 Å². The van der Waals surface area contributed by atoms with Crippen molar-refractivity contribution in [3.8, 4) is 33.6 Å². The first-order valence-electron chi connectivity index (χ1n) is 20.6. The fraction of sp³-hybridized carbons (Fsp3) is 0.326. The second-order valence-corrected chi connectivity index (χ2v) is 15.8. The number of H-pyrrole nitrogens is 2. The van der Waals surface area contributed by atoms with Gasteiger partial charge >= 0.3 is 12.2 Å². The fourth-order valence-electron chi connectivity index (χ4n) is 8.43. The van der Waals surface area contributed by atoms with Crippen molar-refractivity contribution in [1.82, 2.24) is 45.4 Å². The molecular formula is C46H49N9O6. The molecule has 0 bridgehead atoms. The minimum Gasteiger partial charge on any atom is -0.453 e. The Morgan fingerprint density at radius 3 is 1.80 bits per heavy atom. The third-order valence-electron chi connectivity index (χ3n) is 11.7. The summed E-state index contributed by atoms with van der Waals surface area (Å²) in [4.78, 5) is 75.7. The van der Waals surface area contributed by atoms with Crippen molar-refractivity contribution >= 4 is 34.8 Å². The number of nitrogens with one attached hydrogen (secondary N) is 4. The van der Waals surface area contributed by atoms with Crippen LogP contribution >= 0.6 is 0 Å². The SMILES string of the molecule is COC(=O)NC(C(=O)N1CCC[C@H]1c1ncc(-c2ccc3cc(-c4ccc(-c5cnc([C@@H]6CCCN6C(=O)[C@@H](NC(=O)OC)c6cccnc6)[nH]5)cc4)ccc3c2)[nH]1)C(C)C. The zero-order valence-corrected chi connectivity index (χ0v) is 34.6. The summed E-state index contributed by atoms with van der Waals surface area (Å²) < 4.78 is 9.58.